The van der Waals surface area contributed by atoms with Gasteiger partial charge in [-0.2, -0.15) is 5.26 Å². The Labute approximate surface area is 95.5 Å². The first-order chi connectivity index (χ1) is 8.22. The zero-order chi connectivity index (χ0) is 14.3. The summed E-state index contributed by atoms with van der Waals surface area (Å²) in [4.78, 5) is 21.9. The molecule has 0 saturated carbocycles. The first kappa shape index (κ1) is 9.00. The third kappa shape index (κ3) is 5.93. The second-order valence-electron chi connectivity index (χ2n) is 2.50. The van der Waals surface area contributed by atoms with E-state index in [1.54, 1.807) is 6.07 Å². The summed E-state index contributed by atoms with van der Waals surface area (Å²) < 4.78 is 20.4. The van der Waals surface area contributed by atoms with Crippen LogP contribution >= 0.6 is 11.8 Å². The second-order valence-corrected chi connectivity index (χ2v) is 3.73. The Balaban J connectivity index is 4.47. The molecule has 0 aliphatic heterocycles. The van der Waals surface area contributed by atoms with E-state index in [9.17, 15) is 9.59 Å². The predicted molar refractivity (Wildman–Crippen MR) is 54.2 cm³/mol. The van der Waals surface area contributed by atoms with Crippen LogP contribution in [0.3, 0.4) is 0 Å². The van der Waals surface area contributed by atoms with E-state index in [1.807, 2.05) is 5.32 Å². The lowest BCUT2D eigenvalue weighted by Crippen LogP contribution is -2.41. The van der Waals surface area contributed by atoms with Crippen LogP contribution < -0.4 is 5.32 Å². The van der Waals surface area contributed by atoms with Gasteiger partial charge in [-0.15, -0.1) is 11.8 Å². The van der Waals surface area contributed by atoms with E-state index < -0.39 is 36.6 Å². The van der Waals surface area contributed by atoms with Gasteiger partial charge in [-0.3, -0.25) is 4.79 Å². The largest absolute Gasteiger partial charge is 0.480 e. The third-order valence-electron chi connectivity index (χ3n) is 1.38. The number of aliphatic carboxylic acids is 1. The molecule has 15 heavy (non-hydrogen) atoms. The molecule has 0 bridgehead atoms. The first-order valence-electron chi connectivity index (χ1n) is 5.38. The van der Waals surface area contributed by atoms with Crippen molar-refractivity contribution < 1.29 is 23.9 Å². The molecule has 0 rings (SSSR count). The van der Waals surface area contributed by atoms with E-state index in [4.69, 9.17) is 19.6 Å². The molecule has 84 valence electrons. The molecule has 0 radical (unpaired) electrons. The number of carboxylic acids is 1. The fraction of sp³-hybridized carbons (Fsp3) is 0.625. The highest BCUT2D eigenvalue weighted by Crippen LogP contribution is 2.11. The van der Waals surface area contributed by atoms with Crippen molar-refractivity contribution in [3.63, 3.8) is 0 Å². The lowest BCUT2D eigenvalue weighted by atomic mass is 10.3. The molecule has 0 heterocycles. The smallest absolute Gasteiger partial charge is 0.327 e. The quantitative estimate of drug-likeness (QED) is 0.555. The van der Waals surface area contributed by atoms with Crippen molar-refractivity contribution >= 4 is 23.6 Å². The number of amides is 1. The molecule has 0 fully saturated rings. The van der Waals surface area contributed by atoms with Gasteiger partial charge in [-0.1, -0.05) is 0 Å². The summed E-state index contributed by atoms with van der Waals surface area (Å²) in [5, 5.41) is 27.1. The molecule has 7 heteroatoms. The predicted octanol–water partition coefficient (Wildman–Crippen LogP) is -0.807. The number of nitrogens with zero attached hydrogens (tertiary/aromatic N) is 1. The van der Waals surface area contributed by atoms with Crippen LogP contribution in [-0.4, -0.2) is 45.7 Å². The van der Waals surface area contributed by atoms with Crippen molar-refractivity contribution in [2.45, 2.75) is 18.1 Å². The number of carboxylic acid groups (broad SMARTS) is 1. The highest BCUT2D eigenvalue weighted by Gasteiger charge is 2.20. The summed E-state index contributed by atoms with van der Waals surface area (Å²) >= 11 is 0.820. The molecule has 3 N–H and O–H groups in total. The molecule has 6 nitrogen and oxygen atoms in total. The highest BCUT2D eigenvalue weighted by atomic mass is 32.2. The average Bonchev–Trinajstić information content (AvgIpc) is 2.26. The summed E-state index contributed by atoms with van der Waals surface area (Å²) in [5.41, 5.74) is 0. The van der Waals surface area contributed by atoms with Crippen LogP contribution in [0.1, 0.15) is 11.0 Å². The SMILES string of the molecule is [2H]C([2H])([2H])C(=O)N[C@@H](CSC(C#N)CO)C(=O)O. The topological polar surface area (TPSA) is 110 Å². The molecular weight excluding hydrogens is 220 g/mol. The van der Waals surface area contributed by atoms with Gasteiger partial charge >= 0.3 is 5.97 Å². The van der Waals surface area contributed by atoms with Crippen molar-refractivity contribution in [1.29, 1.82) is 5.26 Å². The lowest BCUT2D eigenvalue weighted by Gasteiger charge is -2.13. The van der Waals surface area contributed by atoms with Crippen LogP contribution in [0.4, 0.5) is 0 Å². The minimum Gasteiger partial charge on any atom is -0.480 e. The van der Waals surface area contributed by atoms with Crippen LogP contribution in [0.25, 0.3) is 0 Å². The Morgan fingerprint density at radius 1 is 1.73 bits per heavy atom. The number of hydrogen-bond acceptors (Lipinski definition) is 5. The molecular formula is C8H12N2O4S. The van der Waals surface area contributed by atoms with Crippen molar-refractivity contribution in [2.24, 2.45) is 0 Å². The van der Waals surface area contributed by atoms with E-state index in [0.717, 1.165) is 11.8 Å². The number of nitriles is 1. The standard InChI is InChI=1S/C8H12N2O4S/c1-5(12)10-7(8(13)14)4-15-6(2-9)3-11/h6-7,11H,3-4H2,1H3,(H,10,12)(H,13,14)/t6?,7-/m0/s1/i1D3. The fourth-order valence-electron chi connectivity index (χ4n) is 0.676. The molecule has 1 unspecified atom stereocenters. The van der Waals surface area contributed by atoms with Gasteiger partial charge in [0.2, 0.25) is 5.91 Å². The first-order valence-corrected chi connectivity index (χ1v) is 4.93. The summed E-state index contributed by atoms with van der Waals surface area (Å²) in [7, 11) is 0. The van der Waals surface area contributed by atoms with Gasteiger partial charge in [-0.05, 0) is 0 Å². The molecule has 0 aromatic heterocycles. The zero-order valence-corrected chi connectivity index (χ0v) is 8.45. The van der Waals surface area contributed by atoms with Gasteiger partial charge in [0.25, 0.3) is 0 Å². The lowest BCUT2D eigenvalue weighted by molar-refractivity contribution is -0.140. The van der Waals surface area contributed by atoms with Crippen LogP contribution in [0.15, 0.2) is 0 Å². The minimum atomic E-state index is -2.93. The van der Waals surface area contributed by atoms with Crippen LogP contribution in [0, 0.1) is 11.3 Å². The monoisotopic (exact) mass is 235 g/mol. The van der Waals surface area contributed by atoms with Gasteiger partial charge in [-0.25, -0.2) is 4.79 Å². The summed E-state index contributed by atoms with van der Waals surface area (Å²) in [6.45, 7) is -3.38. The normalized spacial score (nSPS) is 17.5. The van der Waals surface area contributed by atoms with Crippen LogP contribution in [-0.2, 0) is 9.59 Å². The Kier molecular flexibility index (Phi) is 4.25. The Hall–Kier alpha value is -1.26. The molecule has 0 spiro atoms. The fourth-order valence-corrected chi connectivity index (χ4v) is 1.51. The average molecular weight is 235 g/mol. The molecule has 2 atom stereocenters. The second kappa shape index (κ2) is 7.09. The zero-order valence-electron chi connectivity index (χ0n) is 10.6. The number of hydrogen-bond donors (Lipinski definition) is 3. The highest BCUT2D eigenvalue weighted by molar-refractivity contribution is 8.00. The molecule has 0 aliphatic carbocycles. The number of nitrogens with one attached hydrogen (secondary N) is 1. The Morgan fingerprint density at radius 2 is 2.40 bits per heavy atom. The number of carbonyl (C=O) groups is 2. The van der Waals surface area contributed by atoms with Gasteiger partial charge in [0.15, 0.2) is 0 Å². The summed E-state index contributed by atoms with van der Waals surface area (Å²) in [5.74, 6) is -2.99. The van der Waals surface area contributed by atoms with E-state index in [2.05, 4.69) is 0 Å². The van der Waals surface area contributed by atoms with Gasteiger partial charge in [0.1, 0.15) is 11.3 Å². The van der Waals surface area contributed by atoms with Gasteiger partial charge < -0.3 is 15.5 Å². The molecule has 1 amide bonds. The van der Waals surface area contributed by atoms with E-state index >= 15 is 0 Å². The molecule has 0 aromatic carbocycles. The van der Waals surface area contributed by atoms with Crippen LogP contribution in [0.5, 0.6) is 0 Å². The maximum absolute atomic E-state index is 11.1. The van der Waals surface area contributed by atoms with Crippen molar-refractivity contribution in [2.75, 3.05) is 12.4 Å². The number of aliphatic hydroxyl groups is 1. The number of aliphatic hydroxyl groups excluding tert-OH is 1. The van der Waals surface area contributed by atoms with Gasteiger partial charge in [0, 0.05) is 16.7 Å². The van der Waals surface area contributed by atoms with Crippen LogP contribution in [0.2, 0.25) is 0 Å². The van der Waals surface area contributed by atoms with Crippen molar-refractivity contribution in [3.05, 3.63) is 0 Å². The van der Waals surface area contributed by atoms with E-state index in [1.165, 1.54) is 0 Å². The molecule has 0 aromatic rings. The number of rotatable bonds is 6. The number of carbonyl (C=O) groups excluding carboxylic acids is 1. The van der Waals surface area contributed by atoms with E-state index in [-0.39, 0.29) is 5.75 Å². The maximum atomic E-state index is 11.1. The molecule has 0 aliphatic rings. The Morgan fingerprint density at radius 3 is 2.80 bits per heavy atom. The maximum Gasteiger partial charge on any atom is 0.327 e. The molecule has 0 saturated heterocycles. The van der Waals surface area contributed by atoms with E-state index in [0.29, 0.717) is 0 Å². The van der Waals surface area contributed by atoms with Crippen molar-refractivity contribution in [1.82, 2.24) is 5.32 Å². The third-order valence-corrected chi connectivity index (χ3v) is 2.56. The minimum absolute atomic E-state index is 0.212. The summed E-state index contributed by atoms with van der Waals surface area (Å²) in [6, 6.07) is 0.300. The van der Waals surface area contributed by atoms with Gasteiger partial charge in [0.05, 0.1) is 12.7 Å². The number of thioether (sulfide) groups is 1. The van der Waals surface area contributed by atoms with Crippen molar-refractivity contribution in [3.8, 4) is 6.07 Å². The summed E-state index contributed by atoms with van der Waals surface area (Å²) in [6.07, 6.45) is 0. The Bertz CT molecular complexity index is 355.